The zero-order valence-electron chi connectivity index (χ0n) is 13.8. The molecule has 1 atom stereocenters. The first-order chi connectivity index (χ1) is 12.0. The van der Waals surface area contributed by atoms with Crippen molar-refractivity contribution in [3.8, 4) is 0 Å². The van der Waals surface area contributed by atoms with Crippen LogP contribution in [0, 0.1) is 0 Å². The van der Waals surface area contributed by atoms with Crippen LogP contribution >= 0.6 is 11.6 Å². The molecule has 1 aliphatic rings. The molecule has 3 N–H and O–H groups in total. The fourth-order valence-electron chi connectivity index (χ4n) is 2.22. The van der Waals surface area contributed by atoms with E-state index in [-0.39, 0.29) is 5.69 Å². The summed E-state index contributed by atoms with van der Waals surface area (Å²) in [5, 5.41) is 5.02. The predicted molar refractivity (Wildman–Crippen MR) is 87.2 cm³/mol. The second-order valence-electron chi connectivity index (χ2n) is 5.84. The lowest BCUT2D eigenvalue weighted by Gasteiger charge is -2.19. The standard InChI is InChI=1S/C15H16ClF3N4O3/c1-3-14(2)12(25)23(13(26)21-14)22-11(24)7-20-8-4-5-10(16)9(6-8)15(17,18)19/h4-6,20H,3,7H2,1-2H3,(H,21,26)(H,22,24)/t14-/m1/s1. The topological polar surface area (TPSA) is 90.5 Å². The molecule has 2 rings (SSSR count). The van der Waals surface area contributed by atoms with Crippen LogP contribution in [-0.2, 0) is 15.8 Å². The largest absolute Gasteiger partial charge is 0.417 e. The number of benzene rings is 1. The van der Waals surface area contributed by atoms with Gasteiger partial charge in [-0.05, 0) is 31.5 Å². The molecule has 0 radical (unpaired) electrons. The van der Waals surface area contributed by atoms with Crippen LogP contribution in [-0.4, -0.2) is 34.9 Å². The molecule has 0 saturated carbocycles. The van der Waals surface area contributed by atoms with Crippen molar-refractivity contribution < 1.29 is 27.6 Å². The molecule has 7 nitrogen and oxygen atoms in total. The van der Waals surface area contributed by atoms with E-state index in [4.69, 9.17) is 11.6 Å². The van der Waals surface area contributed by atoms with E-state index in [2.05, 4.69) is 16.1 Å². The van der Waals surface area contributed by atoms with Gasteiger partial charge >= 0.3 is 12.2 Å². The van der Waals surface area contributed by atoms with Crippen LogP contribution in [0.4, 0.5) is 23.7 Å². The number of nitrogens with zero attached hydrogens (tertiary/aromatic N) is 1. The lowest BCUT2D eigenvalue weighted by Crippen LogP contribution is -2.50. The van der Waals surface area contributed by atoms with Crippen LogP contribution in [0.5, 0.6) is 0 Å². The van der Waals surface area contributed by atoms with Crippen molar-refractivity contribution >= 4 is 35.1 Å². The molecule has 0 spiro atoms. The van der Waals surface area contributed by atoms with Crippen molar-refractivity contribution in [1.29, 1.82) is 0 Å². The summed E-state index contributed by atoms with van der Waals surface area (Å²) in [7, 11) is 0. The number of anilines is 1. The quantitative estimate of drug-likeness (QED) is 0.672. The average molecular weight is 393 g/mol. The van der Waals surface area contributed by atoms with Crippen LogP contribution in [0.15, 0.2) is 18.2 Å². The Morgan fingerprint density at radius 3 is 2.54 bits per heavy atom. The van der Waals surface area contributed by atoms with Gasteiger partial charge in [0.1, 0.15) is 5.54 Å². The van der Waals surface area contributed by atoms with Crippen molar-refractivity contribution in [2.75, 3.05) is 11.9 Å². The van der Waals surface area contributed by atoms with Gasteiger partial charge in [-0.1, -0.05) is 18.5 Å². The molecule has 142 valence electrons. The van der Waals surface area contributed by atoms with Crippen LogP contribution in [0.25, 0.3) is 0 Å². The van der Waals surface area contributed by atoms with Gasteiger partial charge in [-0.25, -0.2) is 4.79 Å². The third kappa shape index (κ3) is 4.01. The highest BCUT2D eigenvalue weighted by atomic mass is 35.5. The minimum Gasteiger partial charge on any atom is -0.376 e. The summed E-state index contributed by atoms with van der Waals surface area (Å²) >= 11 is 5.51. The molecule has 0 bridgehead atoms. The van der Waals surface area contributed by atoms with Crippen LogP contribution in [0.1, 0.15) is 25.8 Å². The fraction of sp³-hybridized carbons (Fsp3) is 0.400. The smallest absolute Gasteiger partial charge is 0.376 e. The number of amides is 4. The number of alkyl halides is 3. The molecule has 1 saturated heterocycles. The number of hydrazine groups is 1. The number of rotatable bonds is 5. The molecule has 1 heterocycles. The maximum atomic E-state index is 12.8. The van der Waals surface area contributed by atoms with E-state index in [0.717, 1.165) is 12.1 Å². The minimum absolute atomic E-state index is 0.00692. The molecule has 1 aromatic carbocycles. The normalized spacial score (nSPS) is 20.2. The Balaban J connectivity index is 2.00. The summed E-state index contributed by atoms with van der Waals surface area (Å²) in [6.45, 7) is 2.76. The fourth-order valence-corrected chi connectivity index (χ4v) is 2.45. The Morgan fingerprint density at radius 1 is 1.35 bits per heavy atom. The van der Waals surface area contributed by atoms with Crippen LogP contribution < -0.4 is 16.1 Å². The van der Waals surface area contributed by atoms with E-state index in [1.807, 2.05) is 0 Å². The van der Waals surface area contributed by atoms with Gasteiger partial charge in [-0.15, -0.1) is 0 Å². The maximum Gasteiger partial charge on any atom is 0.417 e. The van der Waals surface area contributed by atoms with Crippen LogP contribution in [0.3, 0.4) is 0 Å². The lowest BCUT2D eigenvalue weighted by molar-refractivity contribution is -0.138. The van der Waals surface area contributed by atoms with Crippen LogP contribution in [0.2, 0.25) is 5.02 Å². The molecule has 0 unspecified atom stereocenters. The predicted octanol–water partition coefficient (Wildman–Crippen LogP) is 2.52. The van der Waals surface area contributed by atoms with E-state index in [9.17, 15) is 27.6 Å². The van der Waals surface area contributed by atoms with Gasteiger partial charge < -0.3 is 10.6 Å². The van der Waals surface area contributed by atoms with Crippen molar-refractivity contribution in [3.63, 3.8) is 0 Å². The van der Waals surface area contributed by atoms with E-state index in [0.29, 0.717) is 11.4 Å². The first-order valence-electron chi connectivity index (χ1n) is 7.54. The zero-order valence-corrected chi connectivity index (χ0v) is 14.6. The van der Waals surface area contributed by atoms with Gasteiger partial charge in [0.05, 0.1) is 17.1 Å². The Hall–Kier alpha value is -2.49. The summed E-state index contributed by atoms with van der Waals surface area (Å²) in [6, 6.07) is 2.30. The Kier molecular flexibility index (Phi) is 5.36. The molecule has 1 aromatic rings. The number of hydrogen-bond acceptors (Lipinski definition) is 4. The van der Waals surface area contributed by atoms with Gasteiger partial charge in [0, 0.05) is 5.69 Å². The van der Waals surface area contributed by atoms with Crippen molar-refractivity contribution in [2.24, 2.45) is 0 Å². The third-order valence-electron chi connectivity index (χ3n) is 3.93. The molecular formula is C15H16ClF3N4O3. The van der Waals surface area contributed by atoms with E-state index in [1.54, 1.807) is 6.92 Å². The number of hydrogen-bond donors (Lipinski definition) is 3. The summed E-state index contributed by atoms with van der Waals surface area (Å²) in [5.41, 5.74) is -0.0362. The Bertz CT molecular complexity index is 756. The molecule has 1 fully saturated rings. The maximum absolute atomic E-state index is 12.8. The number of imide groups is 1. The number of halogens is 4. The molecule has 0 aliphatic carbocycles. The number of urea groups is 1. The minimum atomic E-state index is -4.64. The third-order valence-corrected chi connectivity index (χ3v) is 4.26. The zero-order chi connectivity index (χ0) is 19.7. The average Bonchev–Trinajstić information content (AvgIpc) is 2.77. The number of carbonyl (C=O) groups excluding carboxylic acids is 3. The molecule has 11 heteroatoms. The van der Waals surface area contributed by atoms with Gasteiger partial charge in [0.25, 0.3) is 11.8 Å². The molecule has 4 amide bonds. The number of nitrogens with one attached hydrogen (secondary N) is 3. The summed E-state index contributed by atoms with van der Waals surface area (Å²) in [4.78, 5) is 35.8. The second kappa shape index (κ2) is 7.02. The first-order valence-corrected chi connectivity index (χ1v) is 7.92. The van der Waals surface area contributed by atoms with E-state index < -0.39 is 46.7 Å². The Labute approximate surface area is 151 Å². The van der Waals surface area contributed by atoms with Crippen molar-refractivity contribution in [1.82, 2.24) is 15.8 Å². The van der Waals surface area contributed by atoms with Crippen molar-refractivity contribution in [3.05, 3.63) is 28.8 Å². The highest BCUT2D eigenvalue weighted by Gasteiger charge is 2.47. The van der Waals surface area contributed by atoms with E-state index in [1.165, 1.54) is 13.0 Å². The molecular weight excluding hydrogens is 377 g/mol. The van der Waals surface area contributed by atoms with Gasteiger partial charge in [0.2, 0.25) is 0 Å². The first kappa shape index (κ1) is 19.8. The monoisotopic (exact) mass is 392 g/mol. The SMILES string of the molecule is CC[C@@]1(C)NC(=O)N(NC(=O)CNc2ccc(Cl)c(C(F)(F)F)c2)C1=O. The van der Waals surface area contributed by atoms with Gasteiger partial charge in [-0.3, -0.25) is 15.0 Å². The van der Waals surface area contributed by atoms with E-state index >= 15 is 0 Å². The summed E-state index contributed by atoms with van der Waals surface area (Å²) < 4.78 is 38.4. The lowest BCUT2D eigenvalue weighted by atomic mass is 10.00. The van der Waals surface area contributed by atoms with Crippen molar-refractivity contribution in [2.45, 2.75) is 32.0 Å². The summed E-state index contributed by atoms with van der Waals surface area (Å²) in [5.74, 6) is -1.40. The molecule has 26 heavy (non-hydrogen) atoms. The van der Waals surface area contributed by atoms with Gasteiger partial charge in [0.15, 0.2) is 0 Å². The number of carbonyl (C=O) groups is 3. The van der Waals surface area contributed by atoms with Gasteiger partial charge in [-0.2, -0.15) is 18.2 Å². The second-order valence-corrected chi connectivity index (χ2v) is 6.24. The molecule has 1 aliphatic heterocycles. The summed E-state index contributed by atoms with van der Waals surface area (Å²) in [6.07, 6.45) is -4.31. The Morgan fingerprint density at radius 2 is 2.00 bits per heavy atom. The molecule has 0 aromatic heterocycles. The highest BCUT2D eigenvalue weighted by molar-refractivity contribution is 6.31. The highest BCUT2D eigenvalue weighted by Crippen LogP contribution is 2.36.